The van der Waals surface area contributed by atoms with Crippen LogP contribution < -0.4 is 5.73 Å². The number of methoxy groups -OCH3 is 1. The SMILES string of the molecule is COC(=O)c1cc(N)c(C)cc1F. The minimum Gasteiger partial charge on any atom is -0.465 e. The fourth-order valence-corrected chi connectivity index (χ4v) is 0.956. The molecule has 0 atom stereocenters. The highest BCUT2D eigenvalue weighted by Crippen LogP contribution is 2.17. The lowest BCUT2D eigenvalue weighted by atomic mass is 10.1. The number of ether oxygens (including phenoxy) is 1. The van der Waals surface area contributed by atoms with Crippen molar-refractivity contribution in [3.63, 3.8) is 0 Å². The lowest BCUT2D eigenvalue weighted by Gasteiger charge is -2.04. The van der Waals surface area contributed by atoms with Crippen molar-refractivity contribution >= 4 is 11.7 Å². The Bertz CT molecular complexity index is 350. The van der Waals surface area contributed by atoms with Crippen molar-refractivity contribution in [1.29, 1.82) is 0 Å². The molecule has 3 nitrogen and oxygen atoms in total. The average molecular weight is 183 g/mol. The number of rotatable bonds is 1. The van der Waals surface area contributed by atoms with Gasteiger partial charge in [-0.3, -0.25) is 0 Å². The van der Waals surface area contributed by atoms with E-state index in [4.69, 9.17) is 5.73 Å². The number of benzene rings is 1. The van der Waals surface area contributed by atoms with Crippen LogP contribution in [0.2, 0.25) is 0 Å². The molecule has 1 rings (SSSR count). The third-order valence-corrected chi connectivity index (χ3v) is 1.76. The molecule has 70 valence electrons. The maximum atomic E-state index is 13.1. The predicted octanol–water partition coefficient (Wildman–Crippen LogP) is 1.50. The third-order valence-electron chi connectivity index (χ3n) is 1.76. The Labute approximate surface area is 75.3 Å². The second-order valence-electron chi connectivity index (χ2n) is 2.68. The number of carbonyl (C=O) groups excluding carboxylic acids is 1. The van der Waals surface area contributed by atoms with E-state index in [-0.39, 0.29) is 5.56 Å². The van der Waals surface area contributed by atoms with Crippen LogP contribution in [0.25, 0.3) is 0 Å². The van der Waals surface area contributed by atoms with Crippen LogP contribution in [-0.4, -0.2) is 13.1 Å². The Hall–Kier alpha value is -1.58. The first-order chi connectivity index (χ1) is 6.06. The van der Waals surface area contributed by atoms with Crippen molar-refractivity contribution in [3.05, 3.63) is 29.1 Å². The summed E-state index contributed by atoms with van der Waals surface area (Å²) in [5.74, 6) is -1.33. The summed E-state index contributed by atoms with van der Waals surface area (Å²) in [6.45, 7) is 1.67. The smallest absolute Gasteiger partial charge is 0.340 e. The molecule has 0 bridgehead atoms. The van der Waals surface area contributed by atoms with Crippen LogP contribution in [0.5, 0.6) is 0 Å². The topological polar surface area (TPSA) is 52.3 Å². The quantitative estimate of drug-likeness (QED) is 0.530. The Morgan fingerprint density at radius 3 is 2.69 bits per heavy atom. The number of nitrogen functional groups attached to an aromatic ring is 1. The Morgan fingerprint density at radius 1 is 1.54 bits per heavy atom. The molecule has 0 unspecified atom stereocenters. The first-order valence-corrected chi connectivity index (χ1v) is 3.70. The normalized spacial score (nSPS) is 9.77. The summed E-state index contributed by atoms with van der Waals surface area (Å²) >= 11 is 0. The molecule has 0 aliphatic rings. The van der Waals surface area contributed by atoms with Crippen LogP contribution in [-0.2, 0) is 4.74 Å². The van der Waals surface area contributed by atoms with Gasteiger partial charge in [0, 0.05) is 5.69 Å². The molecule has 2 N–H and O–H groups in total. The summed E-state index contributed by atoms with van der Waals surface area (Å²) in [5, 5.41) is 0. The zero-order chi connectivity index (χ0) is 10.0. The molecule has 0 heterocycles. The monoisotopic (exact) mass is 183 g/mol. The van der Waals surface area contributed by atoms with Crippen molar-refractivity contribution in [2.45, 2.75) is 6.92 Å². The summed E-state index contributed by atoms with van der Waals surface area (Å²) in [7, 11) is 1.19. The first kappa shape index (κ1) is 9.51. The maximum absolute atomic E-state index is 13.1. The fourth-order valence-electron chi connectivity index (χ4n) is 0.956. The molecule has 13 heavy (non-hydrogen) atoms. The van der Waals surface area contributed by atoms with Crippen LogP contribution in [0.15, 0.2) is 12.1 Å². The van der Waals surface area contributed by atoms with E-state index in [2.05, 4.69) is 4.74 Å². The van der Waals surface area contributed by atoms with E-state index in [0.29, 0.717) is 11.3 Å². The van der Waals surface area contributed by atoms with Crippen LogP contribution in [0.1, 0.15) is 15.9 Å². The molecule has 0 spiro atoms. The van der Waals surface area contributed by atoms with E-state index in [1.165, 1.54) is 19.2 Å². The van der Waals surface area contributed by atoms with Gasteiger partial charge >= 0.3 is 5.97 Å². The lowest BCUT2D eigenvalue weighted by Crippen LogP contribution is -2.06. The highest BCUT2D eigenvalue weighted by molar-refractivity contribution is 5.90. The van der Waals surface area contributed by atoms with Gasteiger partial charge in [-0.15, -0.1) is 0 Å². The van der Waals surface area contributed by atoms with Crippen molar-refractivity contribution in [3.8, 4) is 0 Å². The number of esters is 1. The summed E-state index contributed by atoms with van der Waals surface area (Å²) in [4.78, 5) is 11.0. The summed E-state index contributed by atoms with van der Waals surface area (Å²) < 4.78 is 17.5. The van der Waals surface area contributed by atoms with E-state index in [0.717, 1.165) is 0 Å². The Balaban J connectivity index is 3.23. The molecular formula is C9H10FNO2. The zero-order valence-electron chi connectivity index (χ0n) is 7.43. The summed E-state index contributed by atoms with van der Waals surface area (Å²) in [6, 6.07) is 2.48. The minimum absolute atomic E-state index is 0.134. The molecule has 0 aliphatic carbocycles. The van der Waals surface area contributed by atoms with Gasteiger partial charge in [0.25, 0.3) is 0 Å². The van der Waals surface area contributed by atoms with Gasteiger partial charge in [0.1, 0.15) is 5.82 Å². The molecule has 0 radical (unpaired) electrons. The van der Waals surface area contributed by atoms with Crippen molar-refractivity contribution in [2.75, 3.05) is 12.8 Å². The highest BCUT2D eigenvalue weighted by Gasteiger charge is 2.13. The van der Waals surface area contributed by atoms with Gasteiger partial charge in [0.2, 0.25) is 0 Å². The number of nitrogens with two attached hydrogens (primary N) is 1. The average Bonchev–Trinajstić information content (AvgIpc) is 2.10. The summed E-state index contributed by atoms with van der Waals surface area (Å²) in [6.07, 6.45) is 0. The van der Waals surface area contributed by atoms with Crippen LogP contribution in [0.3, 0.4) is 0 Å². The van der Waals surface area contributed by atoms with Crippen LogP contribution in [0, 0.1) is 12.7 Å². The van der Waals surface area contributed by atoms with Gasteiger partial charge in [-0.25, -0.2) is 9.18 Å². The number of hydrogen-bond donors (Lipinski definition) is 1. The molecule has 0 aliphatic heterocycles. The van der Waals surface area contributed by atoms with Gasteiger partial charge in [-0.1, -0.05) is 0 Å². The van der Waals surface area contributed by atoms with Crippen LogP contribution >= 0.6 is 0 Å². The number of aryl methyl sites for hydroxylation is 1. The molecule has 0 saturated carbocycles. The van der Waals surface area contributed by atoms with Gasteiger partial charge in [0.15, 0.2) is 0 Å². The predicted molar refractivity (Wildman–Crippen MR) is 46.9 cm³/mol. The van der Waals surface area contributed by atoms with Gasteiger partial charge < -0.3 is 10.5 Å². The molecule has 0 fully saturated rings. The van der Waals surface area contributed by atoms with Crippen LogP contribution in [0.4, 0.5) is 10.1 Å². The Morgan fingerprint density at radius 2 is 2.15 bits per heavy atom. The molecule has 0 saturated heterocycles. The first-order valence-electron chi connectivity index (χ1n) is 3.70. The second-order valence-corrected chi connectivity index (χ2v) is 2.68. The molecule has 1 aromatic carbocycles. The van der Waals surface area contributed by atoms with E-state index in [1.54, 1.807) is 6.92 Å². The van der Waals surface area contributed by atoms with Gasteiger partial charge in [-0.2, -0.15) is 0 Å². The molecular weight excluding hydrogens is 173 g/mol. The highest BCUT2D eigenvalue weighted by atomic mass is 19.1. The number of hydrogen-bond acceptors (Lipinski definition) is 3. The van der Waals surface area contributed by atoms with Crippen molar-refractivity contribution in [1.82, 2.24) is 0 Å². The molecule has 1 aromatic rings. The number of halogens is 1. The zero-order valence-corrected chi connectivity index (χ0v) is 7.43. The van der Waals surface area contributed by atoms with Gasteiger partial charge in [-0.05, 0) is 24.6 Å². The molecule has 0 aromatic heterocycles. The number of carbonyl (C=O) groups is 1. The molecule has 4 heteroatoms. The van der Waals surface area contributed by atoms with Crippen molar-refractivity contribution in [2.24, 2.45) is 0 Å². The van der Waals surface area contributed by atoms with E-state index in [9.17, 15) is 9.18 Å². The summed E-state index contributed by atoms with van der Waals surface area (Å²) in [5.41, 5.74) is 6.35. The second kappa shape index (κ2) is 3.43. The largest absolute Gasteiger partial charge is 0.465 e. The standard InChI is InChI=1S/C9H10FNO2/c1-5-3-7(10)6(4-8(5)11)9(12)13-2/h3-4H,11H2,1-2H3. The lowest BCUT2D eigenvalue weighted by molar-refractivity contribution is 0.0595. The molecule has 0 amide bonds. The third kappa shape index (κ3) is 1.77. The maximum Gasteiger partial charge on any atom is 0.340 e. The van der Waals surface area contributed by atoms with E-state index in [1.807, 2.05) is 0 Å². The van der Waals surface area contributed by atoms with Gasteiger partial charge in [0.05, 0.1) is 12.7 Å². The fraction of sp³-hybridized carbons (Fsp3) is 0.222. The van der Waals surface area contributed by atoms with E-state index >= 15 is 0 Å². The number of anilines is 1. The Kier molecular flexibility index (Phi) is 2.51. The van der Waals surface area contributed by atoms with Crippen molar-refractivity contribution < 1.29 is 13.9 Å². The van der Waals surface area contributed by atoms with E-state index < -0.39 is 11.8 Å². The minimum atomic E-state index is -0.718.